The first-order valence-electron chi connectivity index (χ1n) is 7.38. The molecule has 21 heavy (non-hydrogen) atoms. The van der Waals surface area contributed by atoms with Crippen LogP contribution in [0, 0.1) is 11.8 Å². The summed E-state index contributed by atoms with van der Waals surface area (Å²) in [5.41, 5.74) is 0.742. The standard InChI is InChI=1S/C17H24O4/c1-5-13(4)11-21-17(19)15-8-6-7-14(9-15)16(18)20-10-12(2)3/h6-9,12-13H,5,10-11H2,1-4H3. The summed E-state index contributed by atoms with van der Waals surface area (Å²) < 4.78 is 10.4. The van der Waals surface area contributed by atoms with E-state index in [-0.39, 0.29) is 5.92 Å². The van der Waals surface area contributed by atoms with E-state index in [2.05, 4.69) is 0 Å². The van der Waals surface area contributed by atoms with Crippen LogP contribution in [0.4, 0.5) is 0 Å². The average Bonchev–Trinajstić information content (AvgIpc) is 2.49. The van der Waals surface area contributed by atoms with Crippen LogP contribution in [0.5, 0.6) is 0 Å². The Kier molecular flexibility index (Phi) is 6.92. The highest BCUT2D eigenvalue weighted by Crippen LogP contribution is 2.10. The predicted molar refractivity (Wildman–Crippen MR) is 81.3 cm³/mol. The van der Waals surface area contributed by atoms with E-state index in [9.17, 15) is 9.59 Å². The van der Waals surface area contributed by atoms with Crippen molar-refractivity contribution in [3.05, 3.63) is 35.4 Å². The van der Waals surface area contributed by atoms with Crippen LogP contribution in [0.25, 0.3) is 0 Å². The number of hydrogen-bond donors (Lipinski definition) is 0. The van der Waals surface area contributed by atoms with Crippen molar-refractivity contribution in [3.8, 4) is 0 Å². The molecule has 0 bridgehead atoms. The van der Waals surface area contributed by atoms with Crippen molar-refractivity contribution in [2.45, 2.75) is 34.1 Å². The van der Waals surface area contributed by atoms with Gasteiger partial charge in [-0.3, -0.25) is 0 Å². The fourth-order valence-electron chi connectivity index (χ4n) is 1.52. The minimum atomic E-state index is -0.416. The Balaban J connectivity index is 2.67. The monoisotopic (exact) mass is 292 g/mol. The van der Waals surface area contributed by atoms with Crippen molar-refractivity contribution < 1.29 is 19.1 Å². The highest BCUT2D eigenvalue weighted by atomic mass is 16.5. The Labute approximate surface area is 126 Å². The Morgan fingerprint density at radius 1 is 1.00 bits per heavy atom. The first-order chi connectivity index (χ1) is 9.93. The Morgan fingerprint density at radius 2 is 1.52 bits per heavy atom. The molecule has 0 saturated heterocycles. The molecule has 0 aliphatic heterocycles. The smallest absolute Gasteiger partial charge is 0.338 e. The minimum absolute atomic E-state index is 0.276. The van der Waals surface area contributed by atoms with E-state index >= 15 is 0 Å². The summed E-state index contributed by atoms with van der Waals surface area (Å²) in [6.45, 7) is 8.75. The second-order valence-electron chi connectivity index (χ2n) is 5.68. The molecule has 1 atom stereocenters. The van der Waals surface area contributed by atoms with Crippen LogP contribution in [0.1, 0.15) is 54.8 Å². The second kappa shape index (κ2) is 8.45. The number of carbonyl (C=O) groups excluding carboxylic acids is 2. The number of ether oxygens (including phenoxy) is 2. The number of carbonyl (C=O) groups is 2. The van der Waals surface area contributed by atoms with Gasteiger partial charge < -0.3 is 9.47 Å². The van der Waals surface area contributed by atoms with Crippen LogP contribution in [0.2, 0.25) is 0 Å². The Morgan fingerprint density at radius 3 is 2.00 bits per heavy atom. The van der Waals surface area contributed by atoms with E-state index < -0.39 is 11.9 Å². The lowest BCUT2D eigenvalue weighted by atomic mass is 10.1. The van der Waals surface area contributed by atoms with E-state index in [1.54, 1.807) is 18.2 Å². The number of hydrogen-bond acceptors (Lipinski definition) is 4. The van der Waals surface area contributed by atoms with Gasteiger partial charge in [0.15, 0.2) is 0 Å². The zero-order valence-electron chi connectivity index (χ0n) is 13.2. The third-order valence-corrected chi connectivity index (χ3v) is 3.08. The van der Waals surface area contributed by atoms with Crippen LogP contribution < -0.4 is 0 Å². The average molecular weight is 292 g/mol. The molecular formula is C17H24O4. The quantitative estimate of drug-likeness (QED) is 0.719. The third kappa shape index (κ3) is 5.98. The summed E-state index contributed by atoms with van der Waals surface area (Å²) in [5, 5.41) is 0. The molecule has 1 unspecified atom stereocenters. The van der Waals surface area contributed by atoms with Gasteiger partial charge in [0.25, 0.3) is 0 Å². The summed E-state index contributed by atoms with van der Waals surface area (Å²) in [6, 6.07) is 6.44. The molecule has 1 aromatic carbocycles. The molecule has 0 saturated carbocycles. The normalized spacial score (nSPS) is 12.0. The van der Waals surface area contributed by atoms with E-state index in [1.165, 1.54) is 6.07 Å². The summed E-state index contributed by atoms with van der Waals surface area (Å²) >= 11 is 0. The fraction of sp³-hybridized carbons (Fsp3) is 0.529. The highest BCUT2D eigenvalue weighted by Gasteiger charge is 2.13. The second-order valence-corrected chi connectivity index (χ2v) is 5.68. The van der Waals surface area contributed by atoms with Gasteiger partial charge in [0.05, 0.1) is 24.3 Å². The summed E-state index contributed by atoms with van der Waals surface area (Å²) in [5.74, 6) is -0.222. The zero-order chi connectivity index (χ0) is 15.8. The number of esters is 2. The molecule has 0 N–H and O–H groups in total. The van der Waals surface area contributed by atoms with Gasteiger partial charge in [-0.2, -0.15) is 0 Å². The van der Waals surface area contributed by atoms with Crippen molar-refractivity contribution in [2.75, 3.05) is 13.2 Å². The highest BCUT2D eigenvalue weighted by molar-refractivity contribution is 5.95. The van der Waals surface area contributed by atoms with Gasteiger partial charge in [0.2, 0.25) is 0 Å². The van der Waals surface area contributed by atoms with Gasteiger partial charge >= 0.3 is 11.9 Å². The summed E-state index contributed by atoms with van der Waals surface area (Å²) in [6.07, 6.45) is 0.953. The van der Waals surface area contributed by atoms with Crippen LogP contribution in [-0.2, 0) is 9.47 Å². The van der Waals surface area contributed by atoms with Crippen LogP contribution >= 0.6 is 0 Å². The van der Waals surface area contributed by atoms with Crippen molar-refractivity contribution in [3.63, 3.8) is 0 Å². The topological polar surface area (TPSA) is 52.6 Å². The predicted octanol–water partition coefficient (Wildman–Crippen LogP) is 3.70. The van der Waals surface area contributed by atoms with Crippen molar-refractivity contribution in [1.82, 2.24) is 0 Å². The third-order valence-electron chi connectivity index (χ3n) is 3.08. The van der Waals surface area contributed by atoms with Gasteiger partial charge in [-0.25, -0.2) is 9.59 Å². The number of benzene rings is 1. The molecule has 0 radical (unpaired) electrons. The van der Waals surface area contributed by atoms with E-state index in [4.69, 9.17) is 9.47 Å². The first kappa shape index (κ1) is 17.2. The molecule has 4 nitrogen and oxygen atoms in total. The van der Waals surface area contributed by atoms with E-state index in [0.29, 0.717) is 30.3 Å². The molecule has 0 spiro atoms. The Hall–Kier alpha value is -1.84. The molecule has 1 aromatic rings. The van der Waals surface area contributed by atoms with Crippen LogP contribution in [0.15, 0.2) is 24.3 Å². The molecule has 4 heteroatoms. The lowest BCUT2D eigenvalue weighted by molar-refractivity contribution is 0.0446. The van der Waals surface area contributed by atoms with Gasteiger partial charge in [-0.1, -0.05) is 40.2 Å². The maximum Gasteiger partial charge on any atom is 0.338 e. The van der Waals surface area contributed by atoms with Gasteiger partial charge in [0.1, 0.15) is 0 Å². The van der Waals surface area contributed by atoms with Gasteiger partial charge in [-0.15, -0.1) is 0 Å². The van der Waals surface area contributed by atoms with Gasteiger partial charge in [-0.05, 0) is 30.0 Å². The molecule has 0 amide bonds. The zero-order valence-corrected chi connectivity index (χ0v) is 13.2. The first-order valence-corrected chi connectivity index (χ1v) is 7.38. The molecular weight excluding hydrogens is 268 g/mol. The fourth-order valence-corrected chi connectivity index (χ4v) is 1.52. The lowest BCUT2D eigenvalue weighted by Gasteiger charge is -2.10. The molecule has 1 rings (SSSR count). The lowest BCUT2D eigenvalue weighted by Crippen LogP contribution is -2.13. The molecule has 0 heterocycles. The Bertz CT molecular complexity index is 479. The van der Waals surface area contributed by atoms with Crippen molar-refractivity contribution in [1.29, 1.82) is 0 Å². The number of rotatable bonds is 7. The minimum Gasteiger partial charge on any atom is -0.462 e. The molecule has 0 aliphatic carbocycles. The summed E-state index contributed by atoms with van der Waals surface area (Å²) in [7, 11) is 0. The maximum atomic E-state index is 11.9. The maximum absolute atomic E-state index is 11.9. The molecule has 116 valence electrons. The van der Waals surface area contributed by atoms with Crippen LogP contribution in [-0.4, -0.2) is 25.2 Å². The summed E-state index contributed by atoms with van der Waals surface area (Å²) in [4.78, 5) is 23.8. The SMILES string of the molecule is CCC(C)COC(=O)c1cccc(C(=O)OCC(C)C)c1. The van der Waals surface area contributed by atoms with Gasteiger partial charge in [0, 0.05) is 0 Å². The van der Waals surface area contributed by atoms with Crippen molar-refractivity contribution in [2.24, 2.45) is 11.8 Å². The van der Waals surface area contributed by atoms with E-state index in [0.717, 1.165) is 6.42 Å². The molecule has 0 aromatic heterocycles. The van der Waals surface area contributed by atoms with Crippen molar-refractivity contribution >= 4 is 11.9 Å². The molecule has 0 fully saturated rings. The molecule has 0 aliphatic rings. The largest absolute Gasteiger partial charge is 0.462 e. The van der Waals surface area contributed by atoms with Crippen LogP contribution in [0.3, 0.4) is 0 Å². The van der Waals surface area contributed by atoms with E-state index in [1.807, 2.05) is 27.7 Å².